The van der Waals surface area contributed by atoms with Crippen LogP contribution in [0.3, 0.4) is 0 Å². The largest absolute Gasteiger partial charge is 0.271 e. The fourth-order valence-corrected chi connectivity index (χ4v) is 3.03. The SMILES string of the molecule is Cc1cc(Br)ccc1C(NN)c1ccc(Br)c(Cl)c1F. The van der Waals surface area contributed by atoms with Crippen LogP contribution < -0.4 is 11.3 Å². The number of hydrazine groups is 1. The summed E-state index contributed by atoms with van der Waals surface area (Å²) >= 11 is 12.5. The second-order valence-corrected chi connectivity index (χ2v) is 6.51. The molecule has 2 aromatic rings. The summed E-state index contributed by atoms with van der Waals surface area (Å²) in [5.74, 6) is 5.14. The molecular formula is C14H12Br2ClFN2. The Hall–Kier alpha value is -0.460. The number of benzene rings is 2. The molecule has 0 aliphatic rings. The van der Waals surface area contributed by atoms with Gasteiger partial charge >= 0.3 is 0 Å². The van der Waals surface area contributed by atoms with E-state index < -0.39 is 11.9 Å². The summed E-state index contributed by atoms with van der Waals surface area (Å²) in [6, 6.07) is 8.66. The summed E-state index contributed by atoms with van der Waals surface area (Å²) in [7, 11) is 0. The van der Waals surface area contributed by atoms with Crippen molar-refractivity contribution in [2.24, 2.45) is 5.84 Å². The molecular weight excluding hydrogens is 410 g/mol. The number of aryl methyl sites for hydroxylation is 1. The quantitative estimate of drug-likeness (QED) is 0.421. The molecule has 0 aliphatic heterocycles. The van der Waals surface area contributed by atoms with Crippen LogP contribution in [0.2, 0.25) is 5.02 Å². The van der Waals surface area contributed by atoms with Gasteiger partial charge in [0.1, 0.15) is 5.82 Å². The number of halogens is 4. The van der Waals surface area contributed by atoms with Gasteiger partial charge < -0.3 is 0 Å². The van der Waals surface area contributed by atoms with Gasteiger partial charge in [0.15, 0.2) is 0 Å². The Morgan fingerprint density at radius 3 is 2.45 bits per heavy atom. The lowest BCUT2D eigenvalue weighted by Gasteiger charge is -2.20. The molecule has 2 rings (SSSR count). The van der Waals surface area contributed by atoms with E-state index in [1.54, 1.807) is 12.1 Å². The zero-order valence-electron chi connectivity index (χ0n) is 10.6. The van der Waals surface area contributed by atoms with Crippen molar-refractivity contribution in [2.75, 3.05) is 0 Å². The van der Waals surface area contributed by atoms with Gasteiger partial charge in [0.2, 0.25) is 0 Å². The minimum atomic E-state index is -0.480. The molecule has 1 unspecified atom stereocenters. The van der Waals surface area contributed by atoms with Crippen LogP contribution in [-0.2, 0) is 0 Å². The monoisotopic (exact) mass is 420 g/mol. The Bertz CT molecular complexity index is 649. The van der Waals surface area contributed by atoms with E-state index in [2.05, 4.69) is 37.3 Å². The lowest BCUT2D eigenvalue weighted by molar-refractivity contribution is 0.558. The van der Waals surface area contributed by atoms with Crippen LogP contribution in [0.5, 0.6) is 0 Å². The van der Waals surface area contributed by atoms with E-state index in [4.69, 9.17) is 17.4 Å². The molecule has 0 radical (unpaired) electrons. The normalized spacial score (nSPS) is 12.5. The number of nitrogens with two attached hydrogens (primary N) is 1. The van der Waals surface area contributed by atoms with Crippen LogP contribution in [-0.4, -0.2) is 0 Å². The third kappa shape index (κ3) is 3.07. The molecule has 0 aromatic heterocycles. The minimum absolute atomic E-state index is 0.0533. The van der Waals surface area contributed by atoms with E-state index in [9.17, 15) is 4.39 Å². The maximum atomic E-state index is 14.3. The summed E-state index contributed by atoms with van der Waals surface area (Å²) in [6.45, 7) is 1.95. The Kier molecular flexibility index (Phi) is 5.20. The highest BCUT2D eigenvalue weighted by molar-refractivity contribution is 9.10. The fourth-order valence-electron chi connectivity index (χ4n) is 2.07. The van der Waals surface area contributed by atoms with Gasteiger partial charge in [-0.05, 0) is 52.2 Å². The predicted octanol–water partition coefficient (Wildman–Crippen LogP) is 4.87. The molecule has 0 amide bonds. The number of hydrogen-bond acceptors (Lipinski definition) is 2. The van der Waals surface area contributed by atoms with Crippen molar-refractivity contribution in [3.63, 3.8) is 0 Å². The number of hydrogen-bond donors (Lipinski definition) is 2. The summed E-state index contributed by atoms with van der Waals surface area (Å²) in [5.41, 5.74) is 4.96. The van der Waals surface area contributed by atoms with Gasteiger partial charge in [-0.1, -0.05) is 39.7 Å². The van der Waals surface area contributed by atoms with Crippen molar-refractivity contribution in [2.45, 2.75) is 13.0 Å². The molecule has 0 fully saturated rings. The molecule has 20 heavy (non-hydrogen) atoms. The highest BCUT2D eigenvalue weighted by Gasteiger charge is 2.21. The summed E-state index contributed by atoms with van der Waals surface area (Å²) in [4.78, 5) is 0. The standard InChI is InChI=1S/C14H12Br2ClFN2/c1-7-6-8(15)2-3-9(7)14(20-19)10-4-5-11(16)12(17)13(10)18/h2-6,14,20H,19H2,1H3. The van der Waals surface area contributed by atoms with Crippen molar-refractivity contribution in [1.29, 1.82) is 0 Å². The van der Waals surface area contributed by atoms with Gasteiger partial charge in [-0.25, -0.2) is 9.82 Å². The van der Waals surface area contributed by atoms with Gasteiger partial charge in [0, 0.05) is 14.5 Å². The first-order valence-corrected chi connectivity index (χ1v) is 7.77. The highest BCUT2D eigenvalue weighted by atomic mass is 79.9. The van der Waals surface area contributed by atoms with Crippen LogP contribution in [0, 0.1) is 12.7 Å². The van der Waals surface area contributed by atoms with Gasteiger partial charge in [0.25, 0.3) is 0 Å². The Morgan fingerprint density at radius 1 is 1.20 bits per heavy atom. The molecule has 0 spiro atoms. The molecule has 1 atom stereocenters. The average Bonchev–Trinajstić information content (AvgIpc) is 2.41. The van der Waals surface area contributed by atoms with Crippen molar-refractivity contribution in [3.8, 4) is 0 Å². The van der Waals surface area contributed by atoms with Crippen LogP contribution in [0.15, 0.2) is 39.3 Å². The minimum Gasteiger partial charge on any atom is -0.271 e. The Balaban J connectivity index is 2.55. The molecule has 3 N–H and O–H groups in total. The first kappa shape index (κ1) is 15.9. The zero-order chi connectivity index (χ0) is 14.9. The van der Waals surface area contributed by atoms with E-state index in [0.717, 1.165) is 15.6 Å². The van der Waals surface area contributed by atoms with E-state index in [0.29, 0.717) is 10.0 Å². The zero-order valence-corrected chi connectivity index (χ0v) is 14.5. The lowest BCUT2D eigenvalue weighted by atomic mass is 9.95. The maximum Gasteiger partial charge on any atom is 0.148 e. The molecule has 2 nitrogen and oxygen atoms in total. The lowest BCUT2D eigenvalue weighted by Crippen LogP contribution is -2.30. The van der Waals surface area contributed by atoms with Gasteiger partial charge in [0.05, 0.1) is 11.1 Å². The fraction of sp³-hybridized carbons (Fsp3) is 0.143. The molecule has 6 heteroatoms. The van der Waals surface area contributed by atoms with Gasteiger partial charge in [-0.15, -0.1) is 0 Å². The predicted molar refractivity (Wildman–Crippen MR) is 87.2 cm³/mol. The summed E-state index contributed by atoms with van der Waals surface area (Å²) in [6.07, 6.45) is 0. The molecule has 0 saturated heterocycles. The van der Waals surface area contributed by atoms with Gasteiger partial charge in [-0.3, -0.25) is 5.84 Å². The second kappa shape index (κ2) is 6.54. The Labute approximate surface area is 138 Å². The van der Waals surface area contributed by atoms with Crippen LogP contribution in [0.25, 0.3) is 0 Å². The smallest absolute Gasteiger partial charge is 0.148 e. The van der Waals surface area contributed by atoms with Crippen molar-refractivity contribution >= 4 is 43.5 Å². The summed E-state index contributed by atoms with van der Waals surface area (Å²) < 4.78 is 15.8. The molecule has 0 bridgehead atoms. The molecule has 0 aliphatic carbocycles. The van der Waals surface area contributed by atoms with E-state index in [1.807, 2.05) is 25.1 Å². The first-order valence-electron chi connectivity index (χ1n) is 5.81. The number of rotatable bonds is 3. The first-order chi connectivity index (χ1) is 9.45. The van der Waals surface area contributed by atoms with Crippen molar-refractivity contribution in [3.05, 3.63) is 66.8 Å². The molecule has 106 valence electrons. The van der Waals surface area contributed by atoms with Crippen LogP contribution in [0.4, 0.5) is 4.39 Å². The van der Waals surface area contributed by atoms with E-state index in [-0.39, 0.29) is 5.02 Å². The second-order valence-electron chi connectivity index (χ2n) is 4.37. The topological polar surface area (TPSA) is 38.0 Å². The van der Waals surface area contributed by atoms with Crippen LogP contribution in [0.1, 0.15) is 22.7 Å². The van der Waals surface area contributed by atoms with Crippen molar-refractivity contribution < 1.29 is 4.39 Å². The average molecular weight is 423 g/mol. The third-order valence-electron chi connectivity index (χ3n) is 3.09. The van der Waals surface area contributed by atoms with Crippen molar-refractivity contribution in [1.82, 2.24) is 5.43 Å². The molecule has 0 heterocycles. The maximum absolute atomic E-state index is 14.3. The van der Waals surface area contributed by atoms with E-state index in [1.165, 1.54) is 0 Å². The number of nitrogens with one attached hydrogen (secondary N) is 1. The van der Waals surface area contributed by atoms with Crippen LogP contribution >= 0.6 is 43.5 Å². The highest BCUT2D eigenvalue weighted by Crippen LogP contribution is 2.34. The summed E-state index contributed by atoms with van der Waals surface area (Å²) in [5, 5.41) is 0.0533. The van der Waals surface area contributed by atoms with E-state index >= 15 is 0 Å². The molecule has 0 saturated carbocycles. The Morgan fingerprint density at radius 2 is 1.85 bits per heavy atom. The molecule has 2 aromatic carbocycles. The third-order valence-corrected chi connectivity index (χ3v) is 4.84. The van der Waals surface area contributed by atoms with Gasteiger partial charge in [-0.2, -0.15) is 0 Å².